The molecule has 12 heteroatoms. The van der Waals surface area contributed by atoms with Crippen LogP contribution in [-0.2, 0) is 32.1 Å². The maximum Gasteiger partial charge on any atom is 0.230 e. The van der Waals surface area contributed by atoms with Gasteiger partial charge in [0.05, 0.1) is 37.9 Å². The van der Waals surface area contributed by atoms with Gasteiger partial charge in [0.1, 0.15) is 17.4 Å². The van der Waals surface area contributed by atoms with Gasteiger partial charge in [-0.1, -0.05) is 12.1 Å². The Hall–Kier alpha value is -3.68. The Balaban J connectivity index is 1.44. The van der Waals surface area contributed by atoms with Crippen LogP contribution >= 0.6 is 0 Å². The molecule has 0 bridgehead atoms. The van der Waals surface area contributed by atoms with E-state index in [1.54, 1.807) is 32.2 Å². The second-order valence-electron chi connectivity index (χ2n) is 12.9. The summed E-state index contributed by atoms with van der Waals surface area (Å²) in [5.41, 5.74) is 5.68. The first-order valence-corrected chi connectivity index (χ1v) is 15.2. The number of nitrogens with two attached hydrogens (primary N) is 1. The average molecular weight is 622 g/mol. The molecule has 2 aromatic carbocycles. The largest absolute Gasteiger partial charge is 0.507 e. The molecule has 1 amide bonds. The summed E-state index contributed by atoms with van der Waals surface area (Å²) in [4.78, 5) is 58.0. The standard InChI is InChI=1S/C33H39N3O9/c1-35(2)27-21-14-17-13-20-18(19-12-16(4-7-23(19)44-3)15-36-8-10-45-11-9-36)5-6-22(37)25(20)28(38)24(17)30(40)33(21,43)31(41)26(29(27)39)32(34)42/h4-7,12,17,21,24,26-27,29,37,39,43H,8-11,13-15H2,1-3H3,(H2,34,42)/t17-,21-,24?,26?,27-,29?,33-/m1/s1. The van der Waals surface area contributed by atoms with Crippen LogP contribution in [0.3, 0.4) is 0 Å². The minimum atomic E-state index is -2.70. The van der Waals surface area contributed by atoms with Crippen LogP contribution < -0.4 is 10.5 Å². The maximum atomic E-state index is 14.2. The van der Waals surface area contributed by atoms with Gasteiger partial charge in [-0.2, -0.15) is 0 Å². The third kappa shape index (κ3) is 4.86. The second kappa shape index (κ2) is 11.6. The van der Waals surface area contributed by atoms with Gasteiger partial charge in [0, 0.05) is 37.2 Å². The first-order chi connectivity index (χ1) is 21.4. The van der Waals surface area contributed by atoms with Crippen molar-refractivity contribution in [2.45, 2.75) is 37.1 Å². The van der Waals surface area contributed by atoms with Gasteiger partial charge in [-0.15, -0.1) is 0 Å². The molecular formula is C33H39N3O9. The highest BCUT2D eigenvalue weighted by atomic mass is 16.5. The molecule has 7 atom stereocenters. The van der Waals surface area contributed by atoms with Crippen molar-refractivity contribution in [3.8, 4) is 22.6 Å². The van der Waals surface area contributed by atoms with Crippen molar-refractivity contribution in [3.63, 3.8) is 0 Å². The summed E-state index contributed by atoms with van der Waals surface area (Å²) >= 11 is 0. The van der Waals surface area contributed by atoms with E-state index in [0.29, 0.717) is 36.6 Å². The van der Waals surface area contributed by atoms with E-state index in [1.165, 1.54) is 6.07 Å². The zero-order chi connectivity index (χ0) is 32.4. The minimum absolute atomic E-state index is 0.0383. The van der Waals surface area contributed by atoms with Crippen LogP contribution in [-0.4, -0.2) is 114 Å². The summed E-state index contributed by atoms with van der Waals surface area (Å²) in [7, 11) is 4.79. The number of fused-ring (bicyclic) bond motifs is 3. The number of morpholine rings is 1. The van der Waals surface area contributed by atoms with Crippen LogP contribution in [0.2, 0.25) is 0 Å². The van der Waals surface area contributed by atoms with Crippen molar-refractivity contribution in [1.82, 2.24) is 9.80 Å². The Labute approximate surface area is 260 Å². The fourth-order valence-corrected chi connectivity index (χ4v) is 8.16. The van der Waals surface area contributed by atoms with Crippen molar-refractivity contribution in [1.29, 1.82) is 0 Å². The van der Waals surface area contributed by atoms with Gasteiger partial charge in [-0.3, -0.25) is 24.1 Å². The zero-order valence-electron chi connectivity index (χ0n) is 25.6. The number of aromatic hydroxyl groups is 1. The lowest BCUT2D eigenvalue weighted by Gasteiger charge is -2.54. The molecule has 6 rings (SSSR count). The number of ether oxygens (including phenoxy) is 2. The SMILES string of the molecule is COc1ccc(CN2CCOCC2)cc1-c1ccc(O)c2c1C[C@@H]1C[C@@H]3[C@@H](N(C)C)C(O)C(C(N)=O)C(=O)[C@]3(O)C(=O)C1C2=O. The van der Waals surface area contributed by atoms with E-state index < -0.39 is 64.7 Å². The monoisotopic (exact) mass is 621 g/mol. The summed E-state index contributed by atoms with van der Waals surface area (Å²) in [5.74, 6) is -8.79. The quantitative estimate of drug-likeness (QED) is 0.323. The number of phenolic OH excluding ortho intramolecular Hbond substituents is 1. The number of ketones is 3. The van der Waals surface area contributed by atoms with Crippen LogP contribution in [0.25, 0.3) is 11.1 Å². The third-order valence-corrected chi connectivity index (χ3v) is 10.2. The number of Topliss-reactive ketones (excluding diaryl/α,β-unsaturated/α-hetero) is 3. The maximum absolute atomic E-state index is 14.2. The molecule has 45 heavy (non-hydrogen) atoms. The molecule has 240 valence electrons. The second-order valence-corrected chi connectivity index (χ2v) is 12.9. The summed E-state index contributed by atoms with van der Waals surface area (Å²) in [5, 5.41) is 33.9. The molecule has 5 N–H and O–H groups in total. The van der Waals surface area contributed by atoms with E-state index in [2.05, 4.69) is 4.90 Å². The van der Waals surface area contributed by atoms with E-state index in [-0.39, 0.29) is 24.2 Å². The van der Waals surface area contributed by atoms with Gasteiger partial charge in [0.15, 0.2) is 23.0 Å². The van der Waals surface area contributed by atoms with Crippen molar-refractivity contribution in [3.05, 3.63) is 47.0 Å². The number of benzene rings is 2. The van der Waals surface area contributed by atoms with E-state index in [1.807, 2.05) is 18.2 Å². The van der Waals surface area contributed by atoms with Gasteiger partial charge >= 0.3 is 0 Å². The van der Waals surface area contributed by atoms with Gasteiger partial charge in [-0.05, 0) is 67.7 Å². The van der Waals surface area contributed by atoms with E-state index in [9.17, 15) is 34.5 Å². The fourth-order valence-electron chi connectivity index (χ4n) is 8.16. The number of aliphatic hydroxyl groups excluding tert-OH is 1. The summed E-state index contributed by atoms with van der Waals surface area (Å²) in [6.07, 6.45) is -1.32. The third-order valence-electron chi connectivity index (χ3n) is 10.2. The van der Waals surface area contributed by atoms with Crippen LogP contribution in [0.5, 0.6) is 11.5 Å². The van der Waals surface area contributed by atoms with Crippen LogP contribution in [0.4, 0.5) is 0 Å². The van der Waals surface area contributed by atoms with Crippen LogP contribution in [0.15, 0.2) is 30.3 Å². The first kappa shape index (κ1) is 31.3. The highest BCUT2D eigenvalue weighted by Gasteiger charge is 2.69. The van der Waals surface area contributed by atoms with E-state index >= 15 is 0 Å². The molecule has 2 aromatic rings. The minimum Gasteiger partial charge on any atom is -0.507 e. The predicted molar refractivity (Wildman–Crippen MR) is 160 cm³/mol. The predicted octanol–water partition coefficient (Wildman–Crippen LogP) is 0.167. The lowest BCUT2D eigenvalue weighted by molar-refractivity contribution is -0.190. The van der Waals surface area contributed by atoms with Crippen LogP contribution in [0.1, 0.15) is 27.9 Å². The number of carbonyl (C=O) groups is 4. The highest BCUT2D eigenvalue weighted by Crippen LogP contribution is 2.52. The molecule has 3 fully saturated rings. The Kier molecular flexibility index (Phi) is 8.07. The topological polar surface area (TPSA) is 180 Å². The van der Waals surface area contributed by atoms with Crippen molar-refractivity contribution < 1.29 is 44.0 Å². The van der Waals surface area contributed by atoms with Crippen LogP contribution in [0, 0.1) is 23.7 Å². The Bertz CT molecular complexity index is 1570. The highest BCUT2D eigenvalue weighted by molar-refractivity contribution is 6.25. The number of hydrogen-bond acceptors (Lipinski definition) is 11. The average Bonchev–Trinajstić information content (AvgIpc) is 2.99. The molecular weight excluding hydrogens is 582 g/mol. The molecule has 1 heterocycles. The van der Waals surface area contributed by atoms with Gasteiger partial charge in [0.25, 0.3) is 0 Å². The number of primary amides is 1. The van der Waals surface area contributed by atoms with E-state index in [4.69, 9.17) is 15.2 Å². The number of rotatable bonds is 6. The first-order valence-electron chi connectivity index (χ1n) is 15.2. The molecule has 1 aliphatic heterocycles. The lowest BCUT2D eigenvalue weighted by Crippen LogP contribution is -2.75. The Morgan fingerprint density at radius 3 is 2.47 bits per heavy atom. The normalized spacial score (nSPS) is 31.7. The van der Waals surface area contributed by atoms with Gasteiger partial charge < -0.3 is 35.4 Å². The molecule has 0 radical (unpaired) electrons. The molecule has 4 aliphatic rings. The van der Waals surface area contributed by atoms with Crippen molar-refractivity contribution in [2.75, 3.05) is 47.5 Å². The Morgan fingerprint density at radius 1 is 1.11 bits per heavy atom. The number of aliphatic hydroxyl groups is 2. The lowest BCUT2D eigenvalue weighted by atomic mass is 9.52. The molecule has 0 spiro atoms. The van der Waals surface area contributed by atoms with Crippen molar-refractivity contribution in [2.24, 2.45) is 29.4 Å². The van der Waals surface area contributed by atoms with Gasteiger partial charge in [-0.25, -0.2) is 0 Å². The zero-order valence-corrected chi connectivity index (χ0v) is 25.6. The number of phenols is 1. The smallest absolute Gasteiger partial charge is 0.230 e. The molecule has 0 aromatic heterocycles. The summed E-state index contributed by atoms with van der Waals surface area (Å²) in [6, 6.07) is 8.02. The van der Waals surface area contributed by atoms with Crippen molar-refractivity contribution >= 4 is 23.3 Å². The summed E-state index contributed by atoms with van der Waals surface area (Å²) < 4.78 is 11.2. The number of hydrogen-bond donors (Lipinski definition) is 4. The molecule has 1 saturated heterocycles. The molecule has 3 aliphatic carbocycles. The number of nitrogens with zero attached hydrogens (tertiary/aromatic N) is 2. The fraction of sp³-hybridized carbons (Fsp3) is 0.515. The van der Waals surface area contributed by atoms with Gasteiger partial charge in [0.2, 0.25) is 5.91 Å². The summed E-state index contributed by atoms with van der Waals surface area (Å²) in [6.45, 7) is 3.62. The van der Waals surface area contributed by atoms with E-state index in [0.717, 1.165) is 24.2 Å². The molecule has 3 unspecified atom stereocenters. The number of amides is 1. The molecule has 12 nitrogen and oxygen atoms in total. The molecule has 2 saturated carbocycles. The number of carbonyl (C=O) groups excluding carboxylic acids is 4. The number of likely N-dealkylation sites (N-methyl/N-ethyl adjacent to an activating group) is 1. The number of methoxy groups -OCH3 is 1. The Morgan fingerprint density at radius 2 is 1.82 bits per heavy atom.